The van der Waals surface area contributed by atoms with Gasteiger partial charge in [0.25, 0.3) is 5.69 Å². The molecule has 102 valence electrons. The van der Waals surface area contributed by atoms with Gasteiger partial charge in [-0.3, -0.25) is 10.1 Å². The third kappa shape index (κ3) is 3.25. The molecular formula is C12H7ClN2O4S. The van der Waals surface area contributed by atoms with E-state index in [1.807, 2.05) is 0 Å². The molecule has 2 rings (SSSR count). The number of hydrogen-bond acceptors (Lipinski definition) is 5. The molecule has 1 N–H and O–H groups in total. The fraction of sp³-hybridized carbons (Fsp3) is 0. The highest BCUT2D eigenvalue weighted by Gasteiger charge is 2.16. The number of nitrogens with zero attached hydrogens (tertiary/aromatic N) is 2. The van der Waals surface area contributed by atoms with Crippen LogP contribution in [0.4, 0.5) is 5.69 Å². The minimum Gasteiger partial charge on any atom is -0.477 e. The zero-order chi connectivity index (χ0) is 14.7. The van der Waals surface area contributed by atoms with Crippen molar-refractivity contribution in [1.29, 1.82) is 0 Å². The SMILES string of the molecule is O=C(O)c1cc(Sc2ccc(Cl)cc2[N+](=O)[O-])ccn1. The van der Waals surface area contributed by atoms with Crippen LogP contribution in [-0.4, -0.2) is 21.0 Å². The third-order valence-electron chi connectivity index (χ3n) is 2.30. The number of aromatic carboxylic acids is 1. The Morgan fingerprint density at radius 2 is 2.10 bits per heavy atom. The predicted octanol–water partition coefficient (Wildman–Crippen LogP) is 3.49. The molecule has 0 amide bonds. The maximum absolute atomic E-state index is 11.0. The maximum atomic E-state index is 11.0. The summed E-state index contributed by atoms with van der Waals surface area (Å²) in [6, 6.07) is 7.24. The van der Waals surface area contributed by atoms with E-state index in [2.05, 4.69) is 4.98 Å². The summed E-state index contributed by atoms with van der Waals surface area (Å²) in [4.78, 5) is 25.9. The van der Waals surface area contributed by atoms with E-state index in [-0.39, 0.29) is 16.4 Å². The highest BCUT2D eigenvalue weighted by molar-refractivity contribution is 7.99. The van der Waals surface area contributed by atoms with Gasteiger partial charge in [-0.15, -0.1) is 0 Å². The van der Waals surface area contributed by atoms with E-state index in [1.54, 1.807) is 6.07 Å². The summed E-state index contributed by atoms with van der Waals surface area (Å²) in [6.07, 6.45) is 1.34. The van der Waals surface area contributed by atoms with Gasteiger partial charge in [0.2, 0.25) is 0 Å². The van der Waals surface area contributed by atoms with Crippen molar-refractivity contribution in [2.24, 2.45) is 0 Å². The van der Waals surface area contributed by atoms with Gasteiger partial charge in [-0.25, -0.2) is 9.78 Å². The minimum absolute atomic E-state index is 0.119. The summed E-state index contributed by atoms with van der Waals surface area (Å²) in [7, 11) is 0. The molecule has 0 aliphatic heterocycles. The average molecular weight is 311 g/mol. The topological polar surface area (TPSA) is 93.3 Å². The normalized spacial score (nSPS) is 10.2. The molecule has 2 aromatic rings. The zero-order valence-corrected chi connectivity index (χ0v) is 11.4. The highest BCUT2D eigenvalue weighted by Crippen LogP contribution is 2.36. The standard InChI is InChI=1S/C12H7ClN2O4S/c13-7-1-2-11(10(5-7)15(18)19)20-8-3-4-14-9(6-8)12(16)17/h1-6H,(H,16,17). The number of carbonyl (C=O) groups is 1. The van der Waals surface area contributed by atoms with Crippen molar-refractivity contribution in [2.75, 3.05) is 0 Å². The van der Waals surface area contributed by atoms with E-state index in [4.69, 9.17) is 16.7 Å². The number of carboxylic acid groups (broad SMARTS) is 1. The fourth-order valence-electron chi connectivity index (χ4n) is 1.44. The van der Waals surface area contributed by atoms with Crippen LogP contribution in [-0.2, 0) is 0 Å². The second-order valence-corrected chi connectivity index (χ2v) is 5.20. The van der Waals surface area contributed by atoms with E-state index in [1.165, 1.54) is 30.5 Å². The number of nitro groups is 1. The molecule has 0 bridgehead atoms. The second kappa shape index (κ2) is 5.89. The van der Waals surface area contributed by atoms with E-state index in [9.17, 15) is 14.9 Å². The van der Waals surface area contributed by atoms with Crippen LogP contribution in [0.15, 0.2) is 46.3 Å². The molecule has 0 atom stereocenters. The molecule has 0 spiro atoms. The molecular weight excluding hydrogens is 304 g/mol. The summed E-state index contributed by atoms with van der Waals surface area (Å²) in [6.45, 7) is 0. The van der Waals surface area contributed by atoms with Crippen LogP contribution < -0.4 is 0 Å². The number of halogens is 1. The molecule has 6 nitrogen and oxygen atoms in total. The Hall–Kier alpha value is -2.12. The number of hydrogen-bond donors (Lipinski definition) is 1. The Bertz CT molecular complexity index is 693. The van der Waals surface area contributed by atoms with Crippen LogP contribution in [0.1, 0.15) is 10.5 Å². The lowest BCUT2D eigenvalue weighted by Gasteiger charge is -2.04. The lowest BCUT2D eigenvalue weighted by atomic mass is 10.3. The molecule has 0 aliphatic carbocycles. The lowest BCUT2D eigenvalue weighted by Crippen LogP contribution is -1.99. The van der Waals surface area contributed by atoms with Crippen molar-refractivity contribution in [3.05, 3.63) is 57.4 Å². The number of aromatic nitrogens is 1. The Labute approximate surface area is 122 Å². The average Bonchev–Trinajstić information content (AvgIpc) is 2.41. The first-order valence-corrected chi connectivity index (χ1v) is 6.48. The lowest BCUT2D eigenvalue weighted by molar-refractivity contribution is -0.387. The Balaban J connectivity index is 2.37. The monoisotopic (exact) mass is 310 g/mol. The molecule has 1 heterocycles. The van der Waals surface area contributed by atoms with Gasteiger partial charge in [-0.05, 0) is 24.3 Å². The van der Waals surface area contributed by atoms with Gasteiger partial charge in [0.1, 0.15) is 5.69 Å². The first-order valence-electron chi connectivity index (χ1n) is 5.28. The smallest absolute Gasteiger partial charge is 0.354 e. The van der Waals surface area contributed by atoms with Crippen molar-refractivity contribution in [1.82, 2.24) is 4.98 Å². The number of pyridine rings is 1. The minimum atomic E-state index is -1.15. The van der Waals surface area contributed by atoms with Crippen LogP contribution in [0, 0.1) is 10.1 Å². The van der Waals surface area contributed by atoms with Crippen molar-refractivity contribution < 1.29 is 14.8 Å². The number of rotatable bonds is 4. The summed E-state index contributed by atoms with van der Waals surface area (Å²) < 4.78 is 0. The van der Waals surface area contributed by atoms with Crippen LogP contribution in [0.25, 0.3) is 0 Å². The first-order chi connectivity index (χ1) is 9.47. The van der Waals surface area contributed by atoms with Gasteiger partial charge < -0.3 is 5.11 Å². The van der Waals surface area contributed by atoms with E-state index < -0.39 is 10.9 Å². The van der Waals surface area contributed by atoms with Gasteiger partial charge in [0, 0.05) is 22.2 Å². The second-order valence-electron chi connectivity index (χ2n) is 3.65. The fourth-order valence-corrected chi connectivity index (χ4v) is 2.53. The maximum Gasteiger partial charge on any atom is 0.354 e. The summed E-state index contributed by atoms with van der Waals surface area (Å²) in [5.41, 5.74) is -0.247. The van der Waals surface area contributed by atoms with Crippen molar-refractivity contribution in [3.8, 4) is 0 Å². The Morgan fingerprint density at radius 3 is 2.75 bits per heavy atom. The summed E-state index contributed by atoms with van der Waals surface area (Å²) in [5.74, 6) is -1.15. The molecule has 1 aromatic carbocycles. The first kappa shape index (κ1) is 14.3. The quantitative estimate of drug-likeness (QED) is 0.686. The van der Waals surface area contributed by atoms with E-state index >= 15 is 0 Å². The number of nitro benzene ring substituents is 1. The molecule has 0 aliphatic rings. The third-order valence-corrected chi connectivity index (χ3v) is 3.59. The van der Waals surface area contributed by atoms with Gasteiger partial charge in [-0.2, -0.15) is 0 Å². The van der Waals surface area contributed by atoms with Crippen molar-refractivity contribution in [2.45, 2.75) is 9.79 Å². The number of benzene rings is 1. The molecule has 0 radical (unpaired) electrons. The molecule has 20 heavy (non-hydrogen) atoms. The number of carboxylic acids is 1. The zero-order valence-electron chi connectivity index (χ0n) is 9.82. The molecule has 0 saturated heterocycles. The molecule has 0 saturated carbocycles. The molecule has 0 unspecified atom stereocenters. The Morgan fingerprint density at radius 1 is 1.35 bits per heavy atom. The van der Waals surface area contributed by atoms with Gasteiger partial charge in [-0.1, -0.05) is 23.4 Å². The largest absolute Gasteiger partial charge is 0.477 e. The van der Waals surface area contributed by atoms with E-state index in [0.29, 0.717) is 9.79 Å². The van der Waals surface area contributed by atoms with Crippen molar-refractivity contribution in [3.63, 3.8) is 0 Å². The van der Waals surface area contributed by atoms with Gasteiger partial charge in [0.15, 0.2) is 0 Å². The van der Waals surface area contributed by atoms with Crippen LogP contribution in [0.3, 0.4) is 0 Å². The molecule has 1 aromatic heterocycles. The molecule has 8 heteroatoms. The summed E-state index contributed by atoms with van der Waals surface area (Å²) in [5, 5.41) is 20.1. The highest BCUT2D eigenvalue weighted by atomic mass is 35.5. The van der Waals surface area contributed by atoms with Crippen LogP contribution >= 0.6 is 23.4 Å². The molecule has 0 fully saturated rings. The predicted molar refractivity (Wildman–Crippen MR) is 73.4 cm³/mol. The Kier molecular flexibility index (Phi) is 4.21. The van der Waals surface area contributed by atoms with Crippen LogP contribution in [0.5, 0.6) is 0 Å². The van der Waals surface area contributed by atoms with Crippen LogP contribution in [0.2, 0.25) is 5.02 Å². The van der Waals surface area contributed by atoms with Gasteiger partial charge in [0.05, 0.1) is 9.82 Å². The summed E-state index contributed by atoms with van der Waals surface area (Å²) >= 11 is 6.81. The van der Waals surface area contributed by atoms with Crippen molar-refractivity contribution >= 4 is 35.0 Å². The van der Waals surface area contributed by atoms with Gasteiger partial charge >= 0.3 is 5.97 Å². The van der Waals surface area contributed by atoms with E-state index in [0.717, 1.165) is 11.8 Å².